The molecule has 5 rings (SSSR count). The van der Waals surface area contributed by atoms with Gasteiger partial charge >= 0.3 is 11.9 Å². The number of benzene rings is 4. The molecule has 0 saturated carbocycles. The van der Waals surface area contributed by atoms with E-state index < -0.39 is 21.8 Å². The van der Waals surface area contributed by atoms with E-state index in [9.17, 15) is 18.0 Å². The molecule has 0 N–H and O–H groups in total. The molecule has 0 atom stereocenters. The van der Waals surface area contributed by atoms with E-state index in [2.05, 4.69) is 0 Å². The molecule has 0 amide bonds. The molecule has 0 fully saturated rings. The Balaban J connectivity index is 1.64. The van der Waals surface area contributed by atoms with Crippen molar-refractivity contribution in [3.05, 3.63) is 95.1 Å². The zero-order chi connectivity index (χ0) is 23.0. The fourth-order valence-corrected chi connectivity index (χ4v) is 5.67. The number of ether oxygens (including phenoxy) is 2. The minimum absolute atomic E-state index is 0.132. The van der Waals surface area contributed by atoms with E-state index in [1.165, 1.54) is 0 Å². The normalized spacial score (nSPS) is 16.5. The average Bonchev–Trinajstić information content (AvgIpc) is 2.80. The van der Waals surface area contributed by atoms with Crippen molar-refractivity contribution in [2.24, 2.45) is 0 Å². The summed E-state index contributed by atoms with van der Waals surface area (Å²) < 4.78 is 37.1. The third-order valence-corrected chi connectivity index (χ3v) is 7.19. The number of esters is 2. The molecule has 0 saturated heterocycles. The van der Waals surface area contributed by atoms with Crippen LogP contribution >= 0.6 is 0 Å². The zero-order valence-electron chi connectivity index (χ0n) is 17.6. The Labute approximate surface area is 190 Å². The minimum atomic E-state index is -3.75. The number of hydrogen-bond donors (Lipinski definition) is 0. The van der Waals surface area contributed by atoms with Crippen LogP contribution in [0.15, 0.2) is 72.8 Å². The summed E-state index contributed by atoms with van der Waals surface area (Å²) >= 11 is 0. The van der Waals surface area contributed by atoms with Crippen LogP contribution in [-0.2, 0) is 30.8 Å². The second-order valence-corrected chi connectivity index (χ2v) is 10.1. The second kappa shape index (κ2) is 8.33. The second-order valence-electron chi connectivity index (χ2n) is 8.02. The van der Waals surface area contributed by atoms with Crippen LogP contribution in [0.4, 0.5) is 0 Å². The lowest BCUT2D eigenvalue weighted by Crippen LogP contribution is -2.15. The van der Waals surface area contributed by atoms with Gasteiger partial charge in [-0.1, -0.05) is 48.5 Å². The molecule has 0 spiro atoms. The van der Waals surface area contributed by atoms with E-state index in [1.807, 2.05) is 48.5 Å². The van der Waals surface area contributed by atoms with E-state index >= 15 is 0 Å². The van der Waals surface area contributed by atoms with Crippen LogP contribution in [0.25, 0.3) is 21.5 Å². The molecule has 4 aromatic rings. The number of sulfone groups is 1. The smallest absolute Gasteiger partial charge is 0.338 e. The van der Waals surface area contributed by atoms with Gasteiger partial charge < -0.3 is 9.47 Å². The molecule has 7 heteroatoms. The van der Waals surface area contributed by atoms with Crippen LogP contribution in [0.2, 0.25) is 0 Å². The van der Waals surface area contributed by atoms with Crippen molar-refractivity contribution in [2.45, 2.75) is 11.5 Å². The zero-order valence-corrected chi connectivity index (χ0v) is 18.4. The molecule has 0 aliphatic carbocycles. The average molecular weight is 461 g/mol. The molecular formula is C26H20O6S. The highest BCUT2D eigenvalue weighted by Crippen LogP contribution is 2.27. The van der Waals surface area contributed by atoms with Crippen molar-refractivity contribution in [1.82, 2.24) is 0 Å². The molecule has 4 aromatic carbocycles. The molecule has 6 nitrogen and oxygen atoms in total. The van der Waals surface area contributed by atoms with E-state index in [4.69, 9.17) is 9.47 Å². The fraction of sp³-hybridized carbons (Fsp3) is 0.154. The van der Waals surface area contributed by atoms with Crippen LogP contribution in [0.5, 0.6) is 0 Å². The molecule has 0 bridgehead atoms. The Bertz CT molecular complexity index is 1410. The van der Waals surface area contributed by atoms with Crippen molar-refractivity contribution in [3.8, 4) is 0 Å². The molecule has 0 unspecified atom stereocenters. The van der Waals surface area contributed by atoms with Gasteiger partial charge in [0.05, 0.1) is 22.6 Å². The fourth-order valence-electron chi connectivity index (χ4n) is 4.14. The maximum atomic E-state index is 13.3. The van der Waals surface area contributed by atoms with Gasteiger partial charge in [0.1, 0.15) is 13.2 Å². The third-order valence-electron chi connectivity index (χ3n) is 5.68. The van der Waals surface area contributed by atoms with Gasteiger partial charge in [0.2, 0.25) is 0 Å². The number of rotatable bonds is 0. The maximum absolute atomic E-state index is 13.3. The standard InChI is InChI=1S/C26H20O6S/c27-25-23-13-19-7-3-1-5-17(19)11-21(23)15-33(29,30)16-22-12-18-6-2-4-8-20(18)14-24(22)26(28)32-10-9-31-25/h1-8,11-14H,9-10,15-16H2. The van der Waals surface area contributed by atoms with E-state index in [1.54, 1.807) is 24.3 Å². The quantitative estimate of drug-likeness (QED) is 0.361. The Morgan fingerprint density at radius 2 is 0.939 bits per heavy atom. The van der Waals surface area contributed by atoms with Gasteiger partial charge in [-0.05, 0) is 56.9 Å². The van der Waals surface area contributed by atoms with Crippen molar-refractivity contribution >= 4 is 43.3 Å². The van der Waals surface area contributed by atoms with Crippen molar-refractivity contribution in [3.63, 3.8) is 0 Å². The van der Waals surface area contributed by atoms with Crippen molar-refractivity contribution < 1.29 is 27.5 Å². The van der Waals surface area contributed by atoms with Crippen LogP contribution in [0.3, 0.4) is 0 Å². The number of cyclic esters (lactones) is 2. The molecule has 1 heterocycles. The van der Waals surface area contributed by atoms with Crippen LogP contribution < -0.4 is 0 Å². The Hall–Kier alpha value is -3.71. The molecule has 1 aliphatic heterocycles. The summed E-state index contributed by atoms with van der Waals surface area (Å²) in [5.41, 5.74) is 1.13. The van der Waals surface area contributed by atoms with Crippen LogP contribution in [0, 0.1) is 0 Å². The van der Waals surface area contributed by atoms with Gasteiger partial charge in [-0.2, -0.15) is 0 Å². The summed E-state index contributed by atoms with van der Waals surface area (Å²) in [5.74, 6) is -2.01. The molecular weight excluding hydrogens is 440 g/mol. The lowest BCUT2D eigenvalue weighted by atomic mass is 10.0. The first-order valence-electron chi connectivity index (χ1n) is 10.5. The van der Waals surface area contributed by atoms with Gasteiger partial charge in [0.25, 0.3) is 0 Å². The summed E-state index contributed by atoms with van der Waals surface area (Å²) in [5, 5.41) is 3.26. The SMILES string of the molecule is O=C1OCCOC(=O)c2cc3ccccc3cc2CS(=O)(=O)Cc2cc3ccccc3cc21. The monoisotopic (exact) mass is 460 g/mol. The highest BCUT2D eigenvalue weighted by Gasteiger charge is 2.24. The number of carbonyl (C=O) groups excluding carboxylic acids is 2. The summed E-state index contributed by atoms with van der Waals surface area (Å²) in [6, 6.07) is 21.5. The molecule has 0 radical (unpaired) electrons. The van der Waals surface area contributed by atoms with Gasteiger partial charge in [-0.15, -0.1) is 0 Å². The van der Waals surface area contributed by atoms with Gasteiger partial charge in [0, 0.05) is 0 Å². The first kappa shape index (κ1) is 21.2. The summed E-state index contributed by atoms with van der Waals surface area (Å²) in [4.78, 5) is 25.5. The highest BCUT2D eigenvalue weighted by atomic mass is 32.2. The summed E-state index contributed by atoms with van der Waals surface area (Å²) in [7, 11) is -3.75. The maximum Gasteiger partial charge on any atom is 0.338 e. The molecule has 166 valence electrons. The first-order valence-corrected chi connectivity index (χ1v) is 12.3. The molecule has 33 heavy (non-hydrogen) atoms. The van der Waals surface area contributed by atoms with Gasteiger partial charge in [-0.25, -0.2) is 18.0 Å². The Morgan fingerprint density at radius 3 is 1.33 bits per heavy atom. The predicted molar refractivity (Wildman–Crippen MR) is 125 cm³/mol. The first-order chi connectivity index (χ1) is 15.9. The number of carbonyl (C=O) groups is 2. The minimum Gasteiger partial charge on any atom is -0.458 e. The van der Waals surface area contributed by atoms with Crippen LogP contribution in [0.1, 0.15) is 31.8 Å². The van der Waals surface area contributed by atoms with E-state index in [-0.39, 0.29) is 35.8 Å². The Morgan fingerprint density at radius 1 is 0.576 bits per heavy atom. The summed E-state index contributed by atoms with van der Waals surface area (Å²) in [6.45, 7) is -0.265. The lowest BCUT2D eigenvalue weighted by Gasteiger charge is -2.13. The molecule has 1 aliphatic rings. The number of fused-ring (bicyclic) bond motifs is 4. The Kier molecular flexibility index (Phi) is 5.34. The van der Waals surface area contributed by atoms with E-state index in [0.29, 0.717) is 11.1 Å². The summed E-state index contributed by atoms with van der Waals surface area (Å²) in [6.07, 6.45) is 0. The third kappa shape index (κ3) is 4.32. The topological polar surface area (TPSA) is 86.7 Å². The van der Waals surface area contributed by atoms with Gasteiger partial charge in [0.15, 0.2) is 9.84 Å². The highest BCUT2D eigenvalue weighted by molar-refractivity contribution is 7.89. The van der Waals surface area contributed by atoms with Gasteiger partial charge in [-0.3, -0.25) is 0 Å². The van der Waals surface area contributed by atoms with Crippen molar-refractivity contribution in [2.75, 3.05) is 13.2 Å². The van der Waals surface area contributed by atoms with Crippen LogP contribution in [-0.4, -0.2) is 33.6 Å². The molecule has 0 aromatic heterocycles. The van der Waals surface area contributed by atoms with Crippen molar-refractivity contribution in [1.29, 1.82) is 0 Å². The van der Waals surface area contributed by atoms with E-state index in [0.717, 1.165) is 21.5 Å². The predicted octanol–water partition coefficient (Wildman–Crippen LogP) is 4.44. The largest absolute Gasteiger partial charge is 0.458 e. The number of hydrogen-bond acceptors (Lipinski definition) is 6. The lowest BCUT2D eigenvalue weighted by molar-refractivity contribution is 0.0265.